The minimum absolute atomic E-state index is 0. The summed E-state index contributed by atoms with van der Waals surface area (Å²) in [6, 6.07) is 12.1. The van der Waals surface area contributed by atoms with E-state index >= 15 is 0 Å². The third-order valence-electron chi connectivity index (χ3n) is 5.90. The Kier molecular flexibility index (Phi) is 9.76. The first-order chi connectivity index (χ1) is 11.2. The quantitative estimate of drug-likeness (QED) is 0.798. The summed E-state index contributed by atoms with van der Waals surface area (Å²) in [6.45, 7) is 3.52. The third-order valence-corrected chi connectivity index (χ3v) is 5.90. The van der Waals surface area contributed by atoms with Crippen LogP contribution in [0.5, 0.6) is 0 Å². The second kappa shape index (κ2) is 10.7. The molecule has 144 valence electrons. The molecule has 0 bridgehead atoms. The molecule has 1 atom stereocenters. The van der Waals surface area contributed by atoms with Crippen LogP contribution in [0.15, 0.2) is 30.3 Å². The van der Waals surface area contributed by atoms with Gasteiger partial charge in [0.1, 0.15) is 0 Å². The molecule has 1 spiro atoms. The molecular weight excluding hydrogens is 353 g/mol. The van der Waals surface area contributed by atoms with Crippen molar-refractivity contribution in [1.29, 1.82) is 0 Å². The van der Waals surface area contributed by atoms with E-state index in [1.54, 1.807) is 0 Å². The largest absolute Gasteiger partial charge is 0.317 e. The molecule has 1 aliphatic heterocycles. The number of piperidine rings is 1. The lowest BCUT2D eigenvalue weighted by atomic mass is 9.67. The fourth-order valence-corrected chi connectivity index (χ4v) is 4.44. The number of hydrogen-bond donors (Lipinski definition) is 2. The summed E-state index contributed by atoms with van der Waals surface area (Å²) in [4.78, 5) is 2.29. The average molecular weight is 388 g/mol. The van der Waals surface area contributed by atoms with Crippen LogP contribution in [-0.4, -0.2) is 44.7 Å². The van der Waals surface area contributed by atoms with Crippen LogP contribution in [-0.2, 0) is 0 Å². The second-order valence-electron chi connectivity index (χ2n) is 7.92. The first kappa shape index (κ1) is 22.7. The van der Waals surface area contributed by atoms with Gasteiger partial charge in [0.15, 0.2) is 0 Å². The summed E-state index contributed by atoms with van der Waals surface area (Å²) in [7, 11) is 4.34. The number of halogens is 2. The van der Waals surface area contributed by atoms with E-state index in [2.05, 4.69) is 60.0 Å². The zero-order valence-corrected chi connectivity index (χ0v) is 17.3. The van der Waals surface area contributed by atoms with Crippen LogP contribution < -0.4 is 10.6 Å². The Hall–Kier alpha value is -0.320. The molecule has 1 aliphatic carbocycles. The number of rotatable bonds is 5. The van der Waals surface area contributed by atoms with Crippen molar-refractivity contribution in [3.8, 4) is 0 Å². The van der Waals surface area contributed by atoms with Crippen molar-refractivity contribution >= 4 is 24.8 Å². The molecule has 3 nitrogen and oxygen atoms in total. The number of hydrogen-bond acceptors (Lipinski definition) is 3. The summed E-state index contributed by atoms with van der Waals surface area (Å²) in [6.07, 6.45) is 8.29. The Bertz CT molecular complexity index is 465. The van der Waals surface area contributed by atoms with Crippen LogP contribution in [0.2, 0.25) is 0 Å². The summed E-state index contributed by atoms with van der Waals surface area (Å²) < 4.78 is 0. The van der Waals surface area contributed by atoms with Gasteiger partial charge < -0.3 is 15.5 Å². The number of likely N-dealkylation sites (N-methyl/N-ethyl adjacent to an activating group) is 1. The molecule has 0 radical (unpaired) electrons. The van der Waals surface area contributed by atoms with E-state index in [0.29, 0.717) is 17.5 Å². The van der Waals surface area contributed by atoms with Crippen LogP contribution >= 0.6 is 24.8 Å². The Labute approximate surface area is 166 Å². The highest BCUT2D eigenvalue weighted by Gasteiger charge is 2.36. The maximum absolute atomic E-state index is 3.97. The topological polar surface area (TPSA) is 27.3 Å². The molecule has 0 amide bonds. The highest BCUT2D eigenvalue weighted by Crippen LogP contribution is 2.43. The van der Waals surface area contributed by atoms with Gasteiger partial charge in [0.2, 0.25) is 0 Å². The Morgan fingerprint density at radius 3 is 2.20 bits per heavy atom. The van der Waals surface area contributed by atoms with Crippen LogP contribution in [0.1, 0.15) is 50.1 Å². The van der Waals surface area contributed by atoms with Crippen LogP contribution in [0.3, 0.4) is 0 Å². The summed E-state index contributed by atoms with van der Waals surface area (Å²) in [5.74, 6) is 0. The fourth-order valence-electron chi connectivity index (χ4n) is 4.44. The molecule has 1 aromatic rings. The van der Waals surface area contributed by atoms with Gasteiger partial charge in [-0.05, 0) is 76.7 Å². The van der Waals surface area contributed by atoms with Gasteiger partial charge in [-0.2, -0.15) is 0 Å². The third kappa shape index (κ3) is 6.41. The molecule has 2 N–H and O–H groups in total. The molecule has 2 fully saturated rings. The van der Waals surface area contributed by atoms with E-state index in [1.165, 1.54) is 57.2 Å². The average Bonchev–Trinajstić information content (AvgIpc) is 2.58. The van der Waals surface area contributed by atoms with E-state index < -0.39 is 0 Å². The molecule has 2 aliphatic rings. The van der Waals surface area contributed by atoms with E-state index in [1.807, 2.05) is 0 Å². The van der Waals surface area contributed by atoms with Gasteiger partial charge in [-0.3, -0.25) is 0 Å². The van der Waals surface area contributed by atoms with Gasteiger partial charge in [0.05, 0.1) is 0 Å². The molecule has 5 heteroatoms. The van der Waals surface area contributed by atoms with Crippen molar-refractivity contribution in [3.05, 3.63) is 35.9 Å². The van der Waals surface area contributed by atoms with Crippen molar-refractivity contribution in [3.63, 3.8) is 0 Å². The zero-order valence-electron chi connectivity index (χ0n) is 15.7. The maximum Gasteiger partial charge on any atom is 0.0451 e. The lowest BCUT2D eigenvalue weighted by Gasteiger charge is -2.44. The number of nitrogens with zero attached hydrogens (tertiary/aromatic N) is 1. The zero-order chi connectivity index (χ0) is 16.1. The molecule has 1 heterocycles. The van der Waals surface area contributed by atoms with Crippen molar-refractivity contribution in [2.24, 2.45) is 5.41 Å². The van der Waals surface area contributed by atoms with Crippen molar-refractivity contribution in [2.45, 2.75) is 50.6 Å². The first-order valence-electron chi connectivity index (χ1n) is 9.33. The lowest BCUT2D eigenvalue weighted by molar-refractivity contribution is 0.110. The number of benzene rings is 1. The van der Waals surface area contributed by atoms with Crippen molar-refractivity contribution in [1.82, 2.24) is 15.5 Å². The summed E-state index contributed by atoms with van der Waals surface area (Å²) >= 11 is 0. The molecule has 1 unspecified atom stereocenters. The van der Waals surface area contributed by atoms with E-state index in [0.717, 1.165) is 6.54 Å². The molecule has 1 aromatic carbocycles. The van der Waals surface area contributed by atoms with E-state index in [9.17, 15) is 0 Å². The molecular formula is C20H35Cl2N3. The van der Waals surface area contributed by atoms with Crippen molar-refractivity contribution in [2.75, 3.05) is 33.7 Å². The van der Waals surface area contributed by atoms with Crippen LogP contribution in [0, 0.1) is 5.41 Å². The monoisotopic (exact) mass is 387 g/mol. The van der Waals surface area contributed by atoms with Gasteiger partial charge in [0, 0.05) is 18.6 Å². The van der Waals surface area contributed by atoms with Gasteiger partial charge in [-0.1, -0.05) is 30.3 Å². The van der Waals surface area contributed by atoms with Crippen LogP contribution in [0.25, 0.3) is 0 Å². The minimum atomic E-state index is 0. The van der Waals surface area contributed by atoms with E-state index in [-0.39, 0.29) is 24.8 Å². The Morgan fingerprint density at radius 1 is 1.04 bits per heavy atom. The maximum atomic E-state index is 3.97. The van der Waals surface area contributed by atoms with Crippen molar-refractivity contribution < 1.29 is 0 Å². The lowest BCUT2D eigenvalue weighted by Crippen LogP contribution is -2.45. The minimum Gasteiger partial charge on any atom is -0.317 e. The highest BCUT2D eigenvalue weighted by atomic mass is 35.5. The molecule has 25 heavy (non-hydrogen) atoms. The Morgan fingerprint density at radius 2 is 1.64 bits per heavy atom. The molecule has 0 aromatic heterocycles. The second-order valence-corrected chi connectivity index (χ2v) is 7.92. The van der Waals surface area contributed by atoms with Gasteiger partial charge >= 0.3 is 0 Å². The standard InChI is InChI=1S/C20H33N3.2ClH/c1-23(2)16-19(17-6-4-3-5-7-17)22-18-8-10-20(11-9-18)12-14-21-15-13-20;;/h3-7,18-19,21-22H,8-16H2,1-2H3;2*1H. The van der Waals surface area contributed by atoms with Crippen LogP contribution in [0.4, 0.5) is 0 Å². The van der Waals surface area contributed by atoms with Gasteiger partial charge in [0.25, 0.3) is 0 Å². The molecule has 1 saturated carbocycles. The molecule has 1 saturated heterocycles. The smallest absolute Gasteiger partial charge is 0.0451 e. The predicted octanol–water partition coefficient (Wildman–Crippen LogP) is 4.03. The number of nitrogens with one attached hydrogen (secondary N) is 2. The SMILES string of the molecule is CN(C)CC(NC1CCC2(CCNCC2)CC1)c1ccccc1.Cl.Cl. The fraction of sp³-hybridized carbons (Fsp3) is 0.700. The normalized spacial score (nSPS) is 21.4. The van der Waals surface area contributed by atoms with E-state index in [4.69, 9.17) is 0 Å². The predicted molar refractivity (Wildman–Crippen MR) is 112 cm³/mol. The van der Waals surface area contributed by atoms with Gasteiger partial charge in [-0.15, -0.1) is 24.8 Å². The first-order valence-corrected chi connectivity index (χ1v) is 9.33. The highest BCUT2D eigenvalue weighted by molar-refractivity contribution is 5.85. The summed E-state index contributed by atoms with van der Waals surface area (Å²) in [5.41, 5.74) is 2.08. The van der Waals surface area contributed by atoms with Gasteiger partial charge in [-0.25, -0.2) is 0 Å². The molecule has 3 rings (SSSR count). The Balaban J connectivity index is 0.00000156. The summed E-state index contributed by atoms with van der Waals surface area (Å²) in [5, 5.41) is 7.49.